The van der Waals surface area contributed by atoms with E-state index in [1.807, 2.05) is 0 Å². The second-order valence-electron chi connectivity index (χ2n) is 4.51. The van der Waals surface area contributed by atoms with E-state index in [0.717, 1.165) is 10.0 Å². The molecule has 6 heteroatoms. The summed E-state index contributed by atoms with van der Waals surface area (Å²) >= 11 is 9.06. The predicted molar refractivity (Wildman–Crippen MR) is 86.3 cm³/mol. The van der Waals surface area contributed by atoms with Gasteiger partial charge in [0, 0.05) is 15.2 Å². The maximum absolute atomic E-state index is 12.2. The minimum atomic E-state index is -3.24. The van der Waals surface area contributed by atoms with Crippen molar-refractivity contribution in [1.29, 1.82) is 0 Å². The number of nitrogens with two attached hydrogens (primary N) is 1. The third-order valence-electron chi connectivity index (χ3n) is 2.75. The molecule has 0 fully saturated rings. The lowest BCUT2D eigenvalue weighted by Crippen LogP contribution is -2.08. The molecule has 2 rings (SSSR count). The van der Waals surface area contributed by atoms with Crippen LogP contribution >= 0.6 is 27.5 Å². The molecule has 2 aromatic carbocycles. The average Bonchev–Trinajstić information content (AvgIpc) is 2.36. The fraction of sp³-hybridized carbons (Fsp3) is 0.143. The van der Waals surface area contributed by atoms with Gasteiger partial charge in [0.05, 0.1) is 11.5 Å². The molecule has 0 atom stereocenters. The van der Waals surface area contributed by atoms with Gasteiger partial charge in [0.1, 0.15) is 0 Å². The Bertz CT molecular complexity index is 714. The third-order valence-corrected chi connectivity index (χ3v) is 5.27. The molecular formula is C14H13BrClNO2S. The van der Waals surface area contributed by atoms with Gasteiger partial charge in [-0.05, 0) is 51.3 Å². The van der Waals surface area contributed by atoms with Crippen LogP contribution in [-0.4, -0.2) is 8.42 Å². The highest BCUT2D eigenvalue weighted by Crippen LogP contribution is 2.22. The van der Waals surface area contributed by atoms with Crippen LogP contribution in [0.3, 0.4) is 0 Å². The molecule has 20 heavy (non-hydrogen) atoms. The van der Waals surface area contributed by atoms with Crippen LogP contribution in [0.15, 0.2) is 46.9 Å². The fourth-order valence-electron chi connectivity index (χ4n) is 1.82. The molecule has 0 saturated carbocycles. The number of sulfone groups is 1. The summed E-state index contributed by atoms with van der Waals surface area (Å²) < 4.78 is 25.1. The van der Waals surface area contributed by atoms with Crippen molar-refractivity contribution in [3.63, 3.8) is 0 Å². The zero-order valence-electron chi connectivity index (χ0n) is 10.5. The van der Waals surface area contributed by atoms with E-state index in [-0.39, 0.29) is 11.5 Å². The van der Waals surface area contributed by atoms with Crippen LogP contribution in [0.5, 0.6) is 0 Å². The molecule has 0 aliphatic heterocycles. The summed E-state index contributed by atoms with van der Waals surface area (Å²) in [6, 6.07) is 12.0. The largest absolute Gasteiger partial charge is 0.398 e. The van der Waals surface area contributed by atoms with Crippen molar-refractivity contribution < 1.29 is 8.42 Å². The molecule has 0 bridgehead atoms. The van der Waals surface area contributed by atoms with Crippen molar-refractivity contribution in [2.75, 3.05) is 5.73 Å². The summed E-state index contributed by atoms with van der Waals surface area (Å²) in [4.78, 5) is 0. The molecule has 0 radical (unpaired) electrons. The van der Waals surface area contributed by atoms with Gasteiger partial charge in [0.25, 0.3) is 0 Å². The van der Waals surface area contributed by atoms with Gasteiger partial charge in [0.2, 0.25) is 0 Å². The number of anilines is 1. The first-order valence-electron chi connectivity index (χ1n) is 5.84. The number of nitrogen functional groups attached to an aromatic ring is 1. The van der Waals surface area contributed by atoms with E-state index in [1.54, 1.807) is 42.5 Å². The van der Waals surface area contributed by atoms with Crippen molar-refractivity contribution in [2.45, 2.75) is 11.5 Å². The Balaban J connectivity index is 2.14. The molecule has 0 aliphatic carbocycles. The van der Waals surface area contributed by atoms with E-state index in [0.29, 0.717) is 16.3 Å². The van der Waals surface area contributed by atoms with Crippen LogP contribution in [0, 0.1) is 0 Å². The second-order valence-corrected chi connectivity index (χ2v) is 7.87. The third kappa shape index (κ3) is 4.23. The zero-order chi connectivity index (χ0) is 14.8. The molecule has 0 aliphatic rings. The van der Waals surface area contributed by atoms with Crippen molar-refractivity contribution in [3.8, 4) is 0 Å². The summed E-state index contributed by atoms with van der Waals surface area (Å²) in [5, 5.41) is 0.590. The van der Waals surface area contributed by atoms with Gasteiger partial charge in [-0.3, -0.25) is 0 Å². The molecule has 3 nitrogen and oxygen atoms in total. The van der Waals surface area contributed by atoms with Gasteiger partial charge in [-0.1, -0.05) is 29.8 Å². The molecule has 0 heterocycles. The summed E-state index contributed by atoms with van der Waals surface area (Å²) in [6.07, 6.45) is 0. The average molecular weight is 375 g/mol. The Morgan fingerprint density at radius 3 is 2.15 bits per heavy atom. The van der Waals surface area contributed by atoms with E-state index in [2.05, 4.69) is 15.9 Å². The van der Waals surface area contributed by atoms with Crippen molar-refractivity contribution in [3.05, 3.63) is 63.1 Å². The molecule has 2 N–H and O–H groups in total. The molecule has 0 amide bonds. The lowest BCUT2D eigenvalue weighted by atomic mass is 10.2. The van der Waals surface area contributed by atoms with Crippen molar-refractivity contribution >= 4 is 43.1 Å². The maximum Gasteiger partial charge on any atom is 0.158 e. The zero-order valence-corrected chi connectivity index (χ0v) is 13.7. The lowest BCUT2D eigenvalue weighted by Gasteiger charge is -2.07. The first-order valence-corrected chi connectivity index (χ1v) is 8.84. The topological polar surface area (TPSA) is 60.2 Å². The van der Waals surface area contributed by atoms with Gasteiger partial charge < -0.3 is 5.73 Å². The standard InChI is InChI=1S/C14H13BrClNO2S/c15-13-6-3-11(7-14(13)17)9-20(18,19)8-10-1-4-12(16)5-2-10/h1-7H,8-9,17H2. The number of benzene rings is 2. The first kappa shape index (κ1) is 15.4. The van der Waals surface area contributed by atoms with E-state index in [4.69, 9.17) is 17.3 Å². The van der Waals surface area contributed by atoms with E-state index >= 15 is 0 Å². The Morgan fingerprint density at radius 2 is 1.55 bits per heavy atom. The SMILES string of the molecule is Nc1cc(CS(=O)(=O)Cc2ccc(Cl)cc2)ccc1Br. The number of hydrogen-bond acceptors (Lipinski definition) is 3. The summed E-state index contributed by atoms with van der Waals surface area (Å²) in [7, 11) is -3.24. The molecular weight excluding hydrogens is 362 g/mol. The molecule has 0 unspecified atom stereocenters. The number of hydrogen-bond donors (Lipinski definition) is 1. The normalized spacial score (nSPS) is 11.5. The fourth-order valence-corrected chi connectivity index (χ4v) is 3.68. The summed E-state index contributed by atoms with van der Waals surface area (Å²) in [5.41, 5.74) is 7.69. The van der Waals surface area contributed by atoms with Crippen molar-refractivity contribution in [2.24, 2.45) is 0 Å². The monoisotopic (exact) mass is 373 g/mol. The molecule has 2 aromatic rings. The van der Waals surface area contributed by atoms with Crippen LogP contribution in [0.4, 0.5) is 5.69 Å². The van der Waals surface area contributed by atoms with Gasteiger partial charge in [-0.25, -0.2) is 8.42 Å². The van der Waals surface area contributed by atoms with Gasteiger partial charge in [-0.2, -0.15) is 0 Å². The Morgan fingerprint density at radius 1 is 1.00 bits per heavy atom. The van der Waals surface area contributed by atoms with E-state index < -0.39 is 9.84 Å². The molecule has 106 valence electrons. The van der Waals surface area contributed by atoms with E-state index in [9.17, 15) is 8.42 Å². The molecule has 0 aromatic heterocycles. The number of rotatable bonds is 4. The Kier molecular flexibility index (Phi) is 4.73. The predicted octanol–water partition coefficient (Wildman–Crippen LogP) is 3.80. The first-order chi connectivity index (χ1) is 9.35. The minimum absolute atomic E-state index is 0.0138. The highest BCUT2D eigenvalue weighted by atomic mass is 79.9. The maximum atomic E-state index is 12.2. The van der Waals surface area contributed by atoms with Crippen LogP contribution in [0.25, 0.3) is 0 Å². The van der Waals surface area contributed by atoms with Gasteiger partial charge >= 0.3 is 0 Å². The quantitative estimate of drug-likeness (QED) is 0.828. The van der Waals surface area contributed by atoms with Crippen molar-refractivity contribution in [1.82, 2.24) is 0 Å². The highest BCUT2D eigenvalue weighted by molar-refractivity contribution is 9.10. The van der Waals surface area contributed by atoms with Crippen LogP contribution < -0.4 is 5.73 Å². The molecule has 0 spiro atoms. The number of halogens is 2. The summed E-state index contributed by atoms with van der Waals surface area (Å²) in [5.74, 6) is -0.0484. The van der Waals surface area contributed by atoms with Crippen LogP contribution in [-0.2, 0) is 21.3 Å². The highest BCUT2D eigenvalue weighted by Gasteiger charge is 2.14. The van der Waals surface area contributed by atoms with Crippen LogP contribution in [0.1, 0.15) is 11.1 Å². The van der Waals surface area contributed by atoms with Gasteiger partial charge in [-0.15, -0.1) is 0 Å². The minimum Gasteiger partial charge on any atom is -0.398 e. The molecule has 0 saturated heterocycles. The van der Waals surface area contributed by atoms with E-state index in [1.165, 1.54) is 0 Å². The smallest absolute Gasteiger partial charge is 0.158 e. The van der Waals surface area contributed by atoms with Crippen LogP contribution in [0.2, 0.25) is 5.02 Å². The Hall–Kier alpha value is -1.04. The summed E-state index contributed by atoms with van der Waals surface area (Å²) in [6.45, 7) is 0. The lowest BCUT2D eigenvalue weighted by molar-refractivity contribution is 0.594. The van der Waals surface area contributed by atoms with Gasteiger partial charge in [0.15, 0.2) is 9.84 Å². The second kappa shape index (κ2) is 6.16. The Labute approximate surface area is 131 Å².